The van der Waals surface area contributed by atoms with Gasteiger partial charge >= 0.3 is 12.1 Å². The molecule has 0 spiro atoms. The molecular weight excluding hydrogens is 433 g/mol. The van der Waals surface area contributed by atoms with Crippen molar-refractivity contribution >= 4 is 22.6 Å². The summed E-state index contributed by atoms with van der Waals surface area (Å²) in [6.07, 6.45) is -4.79. The summed E-state index contributed by atoms with van der Waals surface area (Å²) in [5, 5.41) is 7.02. The molecule has 2 aromatic rings. The van der Waals surface area contributed by atoms with Crippen molar-refractivity contribution in [1.29, 1.82) is 0 Å². The third kappa shape index (κ3) is 7.45. The third-order valence-corrected chi connectivity index (χ3v) is 5.25. The van der Waals surface area contributed by atoms with E-state index in [1.807, 2.05) is 42.5 Å². The van der Waals surface area contributed by atoms with Gasteiger partial charge in [0.2, 0.25) is 5.91 Å². The standard InChI is InChI=1S/C25H33F3N2O3/c1-15(2)21(23(32)33-24(4,5)6)30-22(31)20(25(26,27)28)14-29-16(3)18-13-9-11-17-10-7-8-12-19(17)18/h7-13,15-16,20-21,29H,14H2,1-6H3,(H,30,31)/t16-,20-,21-/m0/s1. The van der Waals surface area contributed by atoms with Gasteiger partial charge in [0.1, 0.15) is 17.6 Å². The van der Waals surface area contributed by atoms with Gasteiger partial charge in [-0.2, -0.15) is 13.2 Å². The monoisotopic (exact) mass is 466 g/mol. The molecule has 2 N–H and O–H groups in total. The van der Waals surface area contributed by atoms with Gasteiger partial charge < -0.3 is 15.4 Å². The number of ether oxygens (including phenoxy) is 1. The quantitative estimate of drug-likeness (QED) is 0.528. The van der Waals surface area contributed by atoms with Crippen LogP contribution in [-0.2, 0) is 14.3 Å². The average Bonchev–Trinajstić information content (AvgIpc) is 2.68. The highest BCUT2D eigenvalue weighted by molar-refractivity contribution is 5.87. The molecule has 0 aliphatic heterocycles. The summed E-state index contributed by atoms with van der Waals surface area (Å²) in [7, 11) is 0. The van der Waals surface area contributed by atoms with Crippen LogP contribution in [0.15, 0.2) is 42.5 Å². The first-order chi connectivity index (χ1) is 15.2. The molecule has 8 heteroatoms. The molecule has 0 aromatic heterocycles. The number of esters is 1. The Hall–Kier alpha value is -2.61. The summed E-state index contributed by atoms with van der Waals surface area (Å²) in [6.45, 7) is 9.36. The van der Waals surface area contributed by atoms with E-state index in [1.54, 1.807) is 41.5 Å². The van der Waals surface area contributed by atoms with Crippen LogP contribution in [0.3, 0.4) is 0 Å². The van der Waals surface area contributed by atoms with Crippen LogP contribution in [0.1, 0.15) is 53.1 Å². The van der Waals surface area contributed by atoms with E-state index in [9.17, 15) is 22.8 Å². The highest BCUT2D eigenvalue weighted by Gasteiger charge is 2.46. The normalized spacial score (nSPS) is 15.2. The number of halogens is 3. The van der Waals surface area contributed by atoms with Gasteiger partial charge in [0.15, 0.2) is 0 Å². The molecule has 0 fully saturated rings. The Balaban J connectivity index is 2.16. The number of amides is 1. The van der Waals surface area contributed by atoms with Gasteiger partial charge in [0, 0.05) is 12.6 Å². The first-order valence-corrected chi connectivity index (χ1v) is 11.0. The fraction of sp³-hybridized carbons (Fsp3) is 0.520. The van der Waals surface area contributed by atoms with Crippen LogP contribution in [0.5, 0.6) is 0 Å². The number of hydrogen-bond donors (Lipinski definition) is 2. The SMILES string of the molecule is CC(C)[C@H](NC(=O)[C@H](CN[C@@H](C)c1cccc2ccccc12)C(F)(F)F)C(=O)OC(C)(C)C. The number of fused-ring (bicyclic) bond motifs is 1. The fourth-order valence-corrected chi connectivity index (χ4v) is 3.51. The van der Waals surface area contributed by atoms with Crippen LogP contribution in [-0.4, -0.2) is 36.2 Å². The minimum Gasteiger partial charge on any atom is -0.458 e. The minimum absolute atomic E-state index is 0.430. The van der Waals surface area contributed by atoms with Crippen molar-refractivity contribution < 1.29 is 27.5 Å². The highest BCUT2D eigenvalue weighted by atomic mass is 19.4. The Labute approximate surface area is 193 Å². The summed E-state index contributed by atoms with van der Waals surface area (Å²) in [6, 6.07) is 11.6. The smallest absolute Gasteiger partial charge is 0.401 e. The minimum atomic E-state index is -4.79. The number of nitrogens with one attached hydrogen (secondary N) is 2. The van der Waals surface area contributed by atoms with E-state index in [4.69, 9.17) is 4.74 Å². The van der Waals surface area contributed by atoms with E-state index in [-0.39, 0.29) is 0 Å². The van der Waals surface area contributed by atoms with Gasteiger partial charge in [-0.15, -0.1) is 0 Å². The second kappa shape index (κ2) is 10.5. The Morgan fingerprint density at radius 3 is 2.15 bits per heavy atom. The first kappa shape index (κ1) is 26.6. The molecule has 1 amide bonds. The Kier molecular flexibility index (Phi) is 8.52. The lowest BCUT2D eigenvalue weighted by atomic mass is 9.98. The van der Waals surface area contributed by atoms with E-state index in [1.165, 1.54) is 0 Å². The topological polar surface area (TPSA) is 67.4 Å². The molecule has 2 rings (SSSR count). The van der Waals surface area contributed by atoms with Crippen LogP contribution in [0.2, 0.25) is 0 Å². The number of alkyl halides is 3. The molecule has 33 heavy (non-hydrogen) atoms. The predicted molar refractivity (Wildman–Crippen MR) is 123 cm³/mol. The molecule has 0 saturated carbocycles. The summed E-state index contributed by atoms with van der Waals surface area (Å²) in [4.78, 5) is 25.1. The van der Waals surface area contributed by atoms with Crippen LogP contribution in [0.4, 0.5) is 13.2 Å². The van der Waals surface area contributed by atoms with Crippen LogP contribution in [0.25, 0.3) is 10.8 Å². The highest BCUT2D eigenvalue weighted by Crippen LogP contribution is 2.29. The average molecular weight is 467 g/mol. The van der Waals surface area contributed by atoms with E-state index in [0.717, 1.165) is 16.3 Å². The maximum absolute atomic E-state index is 13.8. The van der Waals surface area contributed by atoms with Crippen molar-refractivity contribution in [2.75, 3.05) is 6.54 Å². The third-order valence-electron chi connectivity index (χ3n) is 5.25. The van der Waals surface area contributed by atoms with Gasteiger partial charge in [-0.1, -0.05) is 56.3 Å². The van der Waals surface area contributed by atoms with Crippen molar-refractivity contribution in [1.82, 2.24) is 10.6 Å². The van der Waals surface area contributed by atoms with Gasteiger partial charge in [0.05, 0.1) is 0 Å². The largest absolute Gasteiger partial charge is 0.458 e. The molecule has 0 saturated heterocycles. The van der Waals surface area contributed by atoms with E-state index in [2.05, 4.69) is 10.6 Å². The molecule has 0 radical (unpaired) electrons. The first-order valence-electron chi connectivity index (χ1n) is 11.0. The molecule has 0 unspecified atom stereocenters. The Morgan fingerprint density at radius 1 is 0.970 bits per heavy atom. The lowest BCUT2D eigenvalue weighted by molar-refractivity contribution is -0.184. The molecular formula is C25H33F3N2O3. The Morgan fingerprint density at radius 2 is 1.58 bits per heavy atom. The van der Waals surface area contributed by atoms with Crippen LogP contribution in [0, 0.1) is 11.8 Å². The van der Waals surface area contributed by atoms with Gasteiger partial charge in [-0.3, -0.25) is 4.79 Å². The van der Waals surface area contributed by atoms with Crippen molar-refractivity contribution in [3.05, 3.63) is 48.0 Å². The molecule has 0 bridgehead atoms. The molecule has 0 aliphatic rings. The van der Waals surface area contributed by atoms with Crippen LogP contribution < -0.4 is 10.6 Å². The zero-order valence-electron chi connectivity index (χ0n) is 19.9. The number of rotatable bonds is 8. The van der Waals surface area contributed by atoms with Crippen molar-refractivity contribution in [3.8, 4) is 0 Å². The predicted octanol–water partition coefficient (Wildman–Crippen LogP) is 5.15. The molecule has 5 nitrogen and oxygen atoms in total. The van der Waals surface area contributed by atoms with Crippen LogP contribution >= 0.6 is 0 Å². The molecule has 3 atom stereocenters. The molecule has 0 aliphatic carbocycles. The van der Waals surface area contributed by atoms with E-state index >= 15 is 0 Å². The summed E-state index contributed by atoms with van der Waals surface area (Å²) >= 11 is 0. The van der Waals surface area contributed by atoms with Crippen molar-refractivity contribution in [2.24, 2.45) is 11.8 Å². The lowest BCUT2D eigenvalue weighted by Gasteiger charge is -2.29. The fourth-order valence-electron chi connectivity index (χ4n) is 3.51. The second-order valence-electron chi connectivity index (χ2n) is 9.56. The molecule has 0 heterocycles. The zero-order chi connectivity index (χ0) is 25.0. The molecule has 2 aromatic carbocycles. The maximum atomic E-state index is 13.8. The van der Waals surface area contributed by atoms with Gasteiger partial charge in [-0.05, 0) is 49.9 Å². The van der Waals surface area contributed by atoms with Crippen molar-refractivity contribution in [2.45, 2.75) is 65.4 Å². The summed E-state index contributed by atoms with van der Waals surface area (Å²) in [5.74, 6) is -4.78. The van der Waals surface area contributed by atoms with E-state index in [0.29, 0.717) is 0 Å². The number of benzene rings is 2. The lowest BCUT2D eigenvalue weighted by Crippen LogP contribution is -2.53. The zero-order valence-corrected chi connectivity index (χ0v) is 19.9. The van der Waals surface area contributed by atoms with Crippen molar-refractivity contribution in [3.63, 3.8) is 0 Å². The Bertz CT molecular complexity index is 962. The molecule has 182 valence electrons. The summed E-state index contributed by atoms with van der Waals surface area (Å²) < 4.78 is 46.6. The van der Waals surface area contributed by atoms with Gasteiger partial charge in [-0.25, -0.2) is 4.79 Å². The van der Waals surface area contributed by atoms with Gasteiger partial charge in [0.25, 0.3) is 0 Å². The second-order valence-corrected chi connectivity index (χ2v) is 9.56. The van der Waals surface area contributed by atoms with E-state index < -0.39 is 54.1 Å². The summed E-state index contributed by atoms with van der Waals surface area (Å²) in [5.41, 5.74) is 0.0108. The maximum Gasteiger partial charge on any atom is 0.401 e. The number of carbonyl (C=O) groups excluding carboxylic acids is 2. The number of hydrogen-bond acceptors (Lipinski definition) is 4. The number of carbonyl (C=O) groups is 2.